The Morgan fingerprint density at radius 3 is 2.55 bits per heavy atom. The molecule has 29 heavy (non-hydrogen) atoms. The molecule has 4 rings (SSSR count). The van der Waals surface area contributed by atoms with Crippen LogP contribution in [0.1, 0.15) is 11.1 Å². The van der Waals surface area contributed by atoms with Crippen molar-refractivity contribution in [1.29, 1.82) is 0 Å². The summed E-state index contributed by atoms with van der Waals surface area (Å²) < 4.78 is 7.53. The topological polar surface area (TPSA) is 44.1 Å². The molecule has 4 aromatic rings. The van der Waals surface area contributed by atoms with Gasteiger partial charge in [-0.3, -0.25) is 9.36 Å². The van der Waals surface area contributed by atoms with Crippen molar-refractivity contribution in [1.82, 2.24) is 9.55 Å². The Labute approximate surface area is 174 Å². The molecule has 0 aliphatic rings. The number of rotatable bonds is 6. The van der Waals surface area contributed by atoms with Crippen LogP contribution in [-0.2, 0) is 0 Å². The first kappa shape index (κ1) is 19.3. The van der Waals surface area contributed by atoms with Crippen molar-refractivity contribution in [3.05, 3.63) is 94.3 Å². The van der Waals surface area contributed by atoms with Crippen molar-refractivity contribution in [3.8, 4) is 11.4 Å². The zero-order chi connectivity index (χ0) is 20.2. The van der Waals surface area contributed by atoms with Gasteiger partial charge in [-0.25, -0.2) is 4.98 Å². The molecule has 0 atom stereocenters. The minimum absolute atomic E-state index is 0.0456. The lowest BCUT2D eigenvalue weighted by Gasteiger charge is -2.16. The van der Waals surface area contributed by atoms with Crippen LogP contribution in [-0.4, -0.2) is 21.9 Å². The molecular formula is C24H22N2O2S. The minimum atomic E-state index is -0.0456. The summed E-state index contributed by atoms with van der Waals surface area (Å²) in [6, 6.07) is 23.4. The zero-order valence-corrected chi connectivity index (χ0v) is 17.3. The fraction of sp³-hybridized carbons (Fsp3) is 0.167. The molecule has 5 heteroatoms. The van der Waals surface area contributed by atoms with Crippen molar-refractivity contribution in [3.63, 3.8) is 0 Å². The summed E-state index contributed by atoms with van der Waals surface area (Å²) in [5, 5.41) is 1.30. The van der Waals surface area contributed by atoms with Crippen LogP contribution in [0.2, 0.25) is 0 Å². The maximum Gasteiger partial charge on any atom is 0.266 e. The predicted octanol–water partition coefficient (Wildman–Crippen LogP) is 5.17. The Hall–Kier alpha value is -3.05. The van der Waals surface area contributed by atoms with Gasteiger partial charge in [-0.15, -0.1) is 0 Å². The third kappa shape index (κ3) is 4.20. The number of fused-ring (bicyclic) bond motifs is 1. The number of para-hydroxylation sites is 2. The van der Waals surface area contributed by atoms with Gasteiger partial charge < -0.3 is 4.74 Å². The predicted molar refractivity (Wildman–Crippen MR) is 119 cm³/mol. The molecule has 0 bridgehead atoms. The Morgan fingerprint density at radius 2 is 1.72 bits per heavy atom. The lowest BCUT2D eigenvalue weighted by molar-refractivity contribution is 0.344. The molecule has 3 aromatic carbocycles. The van der Waals surface area contributed by atoms with Gasteiger partial charge in [-0.2, -0.15) is 0 Å². The highest BCUT2D eigenvalue weighted by molar-refractivity contribution is 7.99. The lowest BCUT2D eigenvalue weighted by atomic mass is 10.1. The Kier molecular flexibility index (Phi) is 5.67. The molecule has 1 aromatic heterocycles. The van der Waals surface area contributed by atoms with Crippen LogP contribution in [0.15, 0.2) is 82.7 Å². The average Bonchev–Trinajstić information content (AvgIpc) is 2.74. The lowest BCUT2D eigenvalue weighted by Crippen LogP contribution is -2.23. The Morgan fingerprint density at radius 1 is 0.966 bits per heavy atom. The second-order valence-electron chi connectivity index (χ2n) is 6.85. The van der Waals surface area contributed by atoms with Gasteiger partial charge in [-0.05, 0) is 55.3 Å². The molecule has 0 unspecified atom stereocenters. The van der Waals surface area contributed by atoms with Crippen LogP contribution in [0.3, 0.4) is 0 Å². The van der Waals surface area contributed by atoms with E-state index >= 15 is 0 Å². The number of nitrogens with zero attached hydrogens (tertiary/aromatic N) is 2. The van der Waals surface area contributed by atoms with Gasteiger partial charge >= 0.3 is 0 Å². The highest BCUT2D eigenvalue weighted by atomic mass is 32.2. The SMILES string of the molecule is Cc1ccc(C)c(-n2c(SCCOc3ccccc3)nc3ccccc3c2=O)c1. The molecule has 0 saturated heterocycles. The van der Waals surface area contributed by atoms with E-state index in [1.807, 2.05) is 80.6 Å². The number of hydrogen-bond donors (Lipinski definition) is 0. The molecule has 0 aliphatic heterocycles. The number of aryl methyl sites for hydroxylation is 2. The number of ether oxygens (including phenoxy) is 1. The third-order valence-corrected chi connectivity index (χ3v) is 5.58. The number of thioether (sulfide) groups is 1. The van der Waals surface area contributed by atoms with Crippen molar-refractivity contribution < 1.29 is 4.74 Å². The molecular weight excluding hydrogens is 380 g/mol. The standard InChI is InChI=1S/C24H22N2O2S/c1-17-12-13-18(2)22(16-17)26-23(27)20-10-6-7-11-21(20)25-24(26)29-15-14-28-19-8-4-3-5-9-19/h3-13,16H,14-15H2,1-2H3. The molecule has 4 nitrogen and oxygen atoms in total. The van der Waals surface area contributed by atoms with Crippen molar-refractivity contribution >= 4 is 22.7 Å². The summed E-state index contributed by atoms with van der Waals surface area (Å²) in [6.45, 7) is 4.58. The fourth-order valence-corrected chi connectivity index (χ4v) is 4.01. The van der Waals surface area contributed by atoms with E-state index in [0.29, 0.717) is 28.4 Å². The van der Waals surface area contributed by atoms with Crippen molar-refractivity contribution in [2.24, 2.45) is 0 Å². The monoisotopic (exact) mass is 402 g/mol. The largest absolute Gasteiger partial charge is 0.493 e. The van der Waals surface area contributed by atoms with E-state index < -0.39 is 0 Å². The van der Waals surface area contributed by atoms with Gasteiger partial charge in [0.2, 0.25) is 0 Å². The van der Waals surface area contributed by atoms with Gasteiger partial charge in [0.25, 0.3) is 5.56 Å². The van der Waals surface area contributed by atoms with Gasteiger partial charge in [0.05, 0.1) is 23.2 Å². The van der Waals surface area contributed by atoms with Crippen LogP contribution in [0.4, 0.5) is 0 Å². The Balaban J connectivity index is 1.70. The smallest absolute Gasteiger partial charge is 0.266 e. The van der Waals surface area contributed by atoms with Gasteiger partial charge in [-0.1, -0.05) is 54.2 Å². The summed E-state index contributed by atoms with van der Waals surface area (Å²) in [7, 11) is 0. The molecule has 0 fully saturated rings. The fourth-order valence-electron chi connectivity index (χ4n) is 3.19. The van der Waals surface area contributed by atoms with E-state index in [9.17, 15) is 4.79 Å². The van der Waals surface area contributed by atoms with Crippen molar-refractivity contribution in [2.45, 2.75) is 19.0 Å². The second kappa shape index (κ2) is 8.53. The van der Waals surface area contributed by atoms with Crippen LogP contribution in [0.25, 0.3) is 16.6 Å². The summed E-state index contributed by atoms with van der Waals surface area (Å²) in [5.41, 5.74) is 3.69. The maximum absolute atomic E-state index is 13.3. The first-order chi connectivity index (χ1) is 14.1. The molecule has 0 saturated carbocycles. The highest BCUT2D eigenvalue weighted by Crippen LogP contribution is 2.24. The molecule has 0 spiro atoms. The van der Waals surface area contributed by atoms with Gasteiger partial charge in [0.15, 0.2) is 5.16 Å². The van der Waals surface area contributed by atoms with E-state index in [-0.39, 0.29) is 5.56 Å². The summed E-state index contributed by atoms with van der Waals surface area (Å²) in [5.74, 6) is 1.52. The Bertz CT molecular complexity index is 1200. The minimum Gasteiger partial charge on any atom is -0.493 e. The quantitative estimate of drug-likeness (QED) is 0.253. The van der Waals surface area contributed by atoms with E-state index in [4.69, 9.17) is 9.72 Å². The number of hydrogen-bond acceptors (Lipinski definition) is 4. The maximum atomic E-state index is 13.3. The van der Waals surface area contributed by atoms with Crippen molar-refractivity contribution in [2.75, 3.05) is 12.4 Å². The number of aromatic nitrogens is 2. The first-order valence-electron chi connectivity index (χ1n) is 9.53. The normalized spacial score (nSPS) is 11.0. The van der Waals surface area contributed by atoms with Gasteiger partial charge in [0, 0.05) is 5.75 Å². The van der Waals surface area contributed by atoms with Crippen LogP contribution >= 0.6 is 11.8 Å². The molecule has 146 valence electrons. The molecule has 0 amide bonds. The average molecular weight is 403 g/mol. The molecule has 0 aliphatic carbocycles. The number of benzene rings is 3. The summed E-state index contributed by atoms with van der Waals surface area (Å²) >= 11 is 1.53. The third-order valence-electron chi connectivity index (χ3n) is 4.68. The van der Waals surface area contributed by atoms with E-state index in [1.54, 1.807) is 4.57 Å². The van der Waals surface area contributed by atoms with Crippen LogP contribution in [0.5, 0.6) is 5.75 Å². The van der Waals surface area contributed by atoms with Gasteiger partial charge in [0.1, 0.15) is 5.75 Å². The summed E-state index contributed by atoms with van der Waals surface area (Å²) in [4.78, 5) is 18.1. The second-order valence-corrected chi connectivity index (χ2v) is 7.91. The van der Waals surface area contributed by atoms with E-state index in [1.165, 1.54) is 11.8 Å². The van der Waals surface area contributed by atoms with E-state index in [0.717, 1.165) is 22.6 Å². The van der Waals surface area contributed by atoms with E-state index in [2.05, 4.69) is 6.07 Å². The molecule has 0 N–H and O–H groups in total. The first-order valence-corrected chi connectivity index (χ1v) is 10.5. The van der Waals surface area contributed by atoms with Crippen LogP contribution < -0.4 is 10.3 Å². The zero-order valence-electron chi connectivity index (χ0n) is 16.5. The van der Waals surface area contributed by atoms with Crippen LogP contribution in [0, 0.1) is 13.8 Å². The molecule has 0 radical (unpaired) electrons. The molecule has 1 heterocycles. The summed E-state index contributed by atoms with van der Waals surface area (Å²) in [6.07, 6.45) is 0. The highest BCUT2D eigenvalue weighted by Gasteiger charge is 2.15.